The van der Waals surface area contributed by atoms with Crippen LogP contribution in [0.2, 0.25) is 0 Å². The van der Waals surface area contributed by atoms with E-state index in [9.17, 15) is 4.39 Å². The zero-order valence-corrected chi connectivity index (χ0v) is 10.3. The van der Waals surface area contributed by atoms with Crippen molar-refractivity contribution in [2.75, 3.05) is 5.32 Å². The number of hydrogen-bond donors (Lipinski definition) is 2. The van der Waals surface area contributed by atoms with Crippen molar-refractivity contribution >= 4 is 21.6 Å². The Morgan fingerprint density at radius 2 is 2.31 bits per heavy atom. The second-order valence-electron chi connectivity index (χ2n) is 3.47. The largest absolute Gasteiger partial charge is 0.377 e. The highest BCUT2D eigenvalue weighted by molar-refractivity contribution is 9.10. The molecule has 0 saturated carbocycles. The van der Waals surface area contributed by atoms with E-state index in [-0.39, 0.29) is 5.82 Å². The maximum atomic E-state index is 13.4. The fraction of sp³-hybridized carbons (Fsp3) is 0.182. The SMILES string of the molecule is Cc1ncc(CNc2cc(Br)ccc2F)[nH]1. The van der Waals surface area contributed by atoms with Crippen molar-refractivity contribution in [3.63, 3.8) is 0 Å². The number of anilines is 1. The molecule has 0 amide bonds. The molecule has 2 N–H and O–H groups in total. The first-order valence-corrected chi connectivity index (χ1v) is 5.64. The van der Waals surface area contributed by atoms with Crippen LogP contribution in [0.25, 0.3) is 0 Å². The van der Waals surface area contributed by atoms with Crippen molar-refractivity contribution in [2.24, 2.45) is 0 Å². The van der Waals surface area contributed by atoms with Gasteiger partial charge in [0.15, 0.2) is 0 Å². The lowest BCUT2D eigenvalue weighted by atomic mass is 10.3. The van der Waals surface area contributed by atoms with E-state index < -0.39 is 0 Å². The second kappa shape index (κ2) is 4.65. The molecule has 16 heavy (non-hydrogen) atoms. The number of benzene rings is 1. The van der Waals surface area contributed by atoms with Crippen LogP contribution >= 0.6 is 15.9 Å². The highest BCUT2D eigenvalue weighted by Gasteiger charge is 2.03. The van der Waals surface area contributed by atoms with Crippen molar-refractivity contribution in [1.29, 1.82) is 0 Å². The molecule has 0 saturated heterocycles. The first-order valence-electron chi connectivity index (χ1n) is 4.84. The van der Waals surface area contributed by atoms with Crippen molar-refractivity contribution in [3.8, 4) is 0 Å². The standard InChI is InChI=1S/C11H11BrFN3/c1-7-14-5-9(16-7)6-15-11-4-8(12)2-3-10(11)13/h2-5,15H,6H2,1H3,(H,14,16). The molecule has 0 unspecified atom stereocenters. The number of halogens is 2. The van der Waals surface area contributed by atoms with E-state index in [2.05, 4.69) is 31.2 Å². The monoisotopic (exact) mass is 283 g/mol. The van der Waals surface area contributed by atoms with E-state index in [0.29, 0.717) is 12.2 Å². The van der Waals surface area contributed by atoms with E-state index in [0.717, 1.165) is 16.0 Å². The lowest BCUT2D eigenvalue weighted by Gasteiger charge is -2.06. The first-order chi connectivity index (χ1) is 7.65. The van der Waals surface area contributed by atoms with Crippen LogP contribution in [-0.4, -0.2) is 9.97 Å². The maximum absolute atomic E-state index is 13.4. The summed E-state index contributed by atoms with van der Waals surface area (Å²) in [7, 11) is 0. The molecule has 0 fully saturated rings. The van der Waals surface area contributed by atoms with Gasteiger partial charge in [-0.1, -0.05) is 15.9 Å². The molecule has 1 aromatic carbocycles. The Kier molecular flexibility index (Phi) is 3.24. The summed E-state index contributed by atoms with van der Waals surface area (Å²) in [5.41, 5.74) is 1.40. The van der Waals surface area contributed by atoms with Crippen LogP contribution in [0.15, 0.2) is 28.9 Å². The van der Waals surface area contributed by atoms with Gasteiger partial charge in [-0.15, -0.1) is 0 Å². The Morgan fingerprint density at radius 3 is 3.00 bits per heavy atom. The van der Waals surface area contributed by atoms with Gasteiger partial charge < -0.3 is 10.3 Å². The Labute approximate surface area is 101 Å². The van der Waals surface area contributed by atoms with Crippen LogP contribution in [0.1, 0.15) is 11.5 Å². The minimum atomic E-state index is -0.264. The molecule has 0 aliphatic heterocycles. The normalized spacial score (nSPS) is 10.4. The van der Waals surface area contributed by atoms with Crippen molar-refractivity contribution in [1.82, 2.24) is 9.97 Å². The number of nitrogens with one attached hydrogen (secondary N) is 2. The lowest BCUT2D eigenvalue weighted by Crippen LogP contribution is -2.01. The third-order valence-corrected chi connectivity index (χ3v) is 2.65. The molecular weight excluding hydrogens is 273 g/mol. The molecule has 0 spiro atoms. The fourth-order valence-corrected chi connectivity index (χ4v) is 1.75. The van der Waals surface area contributed by atoms with Gasteiger partial charge in [-0.05, 0) is 25.1 Å². The second-order valence-corrected chi connectivity index (χ2v) is 4.39. The van der Waals surface area contributed by atoms with Gasteiger partial charge in [-0.2, -0.15) is 0 Å². The van der Waals surface area contributed by atoms with Gasteiger partial charge in [0.2, 0.25) is 0 Å². The molecule has 0 atom stereocenters. The minimum Gasteiger partial charge on any atom is -0.377 e. The Balaban J connectivity index is 2.07. The summed E-state index contributed by atoms with van der Waals surface area (Å²) < 4.78 is 14.2. The van der Waals surface area contributed by atoms with Gasteiger partial charge in [-0.3, -0.25) is 0 Å². The summed E-state index contributed by atoms with van der Waals surface area (Å²) in [4.78, 5) is 7.14. The molecule has 0 radical (unpaired) electrons. The Morgan fingerprint density at radius 1 is 1.50 bits per heavy atom. The molecule has 5 heteroatoms. The zero-order chi connectivity index (χ0) is 11.5. The number of aromatic nitrogens is 2. The number of imidazole rings is 1. The Bertz CT molecular complexity index is 496. The zero-order valence-electron chi connectivity index (χ0n) is 8.72. The molecule has 2 aromatic rings. The summed E-state index contributed by atoms with van der Waals surface area (Å²) in [6.45, 7) is 2.40. The average molecular weight is 284 g/mol. The summed E-state index contributed by atoms with van der Waals surface area (Å²) in [5.74, 6) is 0.589. The van der Waals surface area contributed by atoms with Crippen LogP contribution in [0.3, 0.4) is 0 Å². The fourth-order valence-electron chi connectivity index (χ4n) is 1.38. The lowest BCUT2D eigenvalue weighted by molar-refractivity contribution is 0.629. The number of H-pyrrole nitrogens is 1. The van der Waals surface area contributed by atoms with Crippen molar-refractivity contribution in [2.45, 2.75) is 13.5 Å². The van der Waals surface area contributed by atoms with E-state index in [4.69, 9.17) is 0 Å². The molecule has 2 rings (SSSR count). The van der Waals surface area contributed by atoms with Crippen LogP contribution in [0.4, 0.5) is 10.1 Å². The van der Waals surface area contributed by atoms with Crippen LogP contribution in [0.5, 0.6) is 0 Å². The van der Waals surface area contributed by atoms with E-state index in [1.54, 1.807) is 18.3 Å². The van der Waals surface area contributed by atoms with Gasteiger partial charge >= 0.3 is 0 Å². The predicted molar refractivity (Wildman–Crippen MR) is 64.8 cm³/mol. The number of aromatic amines is 1. The van der Waals surface area contributed by atoms with Gasteiger partial charge in [0.05, 0.1) is 24.1 Å². The molecule has 0 bridgehead atoms. The van der Waals surface area contributed by atoms with Crippen molar-refractivity contribution in [3.05, 3.63) is 46.2 Å². The third kappa shape index (κ3) is 2.61. The molecule has 1 heterocycles. The van der Waals surface area contributed by atoms with Gasteiger partial charge in [0, 0.05) is 4.47 Å². The molecular formula is C11H11BrFN3. The van der Waals surface area contributed by atoms with E-state index in [1.807, 2.05) is 6.92 Å². The van der Waals surface area contributed by atoms with Gasteiger partial charge in [0.25, 0.3) is 0 Å². The van der Waals surface area contributed by atoms with Crippen LogP contribution < -0.4 is 5.32 Å². The molecule has 0 aliphatic rings. The molecule has 0 aliphatic carbocycles. The van der Waals surface area contributed by atoms with Crippen LogP contribution in [-0.2, 0) is 6.54 Å². The predicted octanol–water partition coefficient (Wildman–Crippen LogP) is 3.23. The van der Waals surface area contributed by atoms with E-state index >= 15 is 0 Å². The quantitative estimate of drug-likeness (QED) is 0.908. The molecule has 1 aromatic heterocycles. The smallest absolute Gasteiger partial charge is 0.146 e. The highest BCUT2D eigenvalue weighted by Crippen LogP contribution is 2.20. The van der Waals surface area contributed by atoms with Crippen molar-refractivity contribution < 1.29 is 4.39 Å². The molecule has 84 valence electrons. The highest BCUT2D eigenvalue weighted by atomic mass is 79.9. The topological polar surface area (TPSA) is 40.7 Å². The number of nitrogens with zero attached hydrogens (tertiary/aromatic N) is 1. The minimum absolute atomic E-state index is 0.264. The maximum Gasteiger partial charge on any atom is 0.146 e. The van der Waals surface area contributed by atoms with Gasteiger partial charge in [-0.25, -0.2) is 9.37 Å². The number of rotatable bonds is 3. The summed E-state index contributed by atoms with van der Waals surface area (Å²) in [6, 6.07) is 4.80. The first kappa shape index (κ1) is 11.1. The summed E-state index contributed by atoms with van der Waals surface area (Å²) >= 11 is 3.30. The average Bonchev–Trinajstić information content (AvgIpc) is 2.66. The third-order valence-electron chi connectivity index (χ3n) is 2.15. The van der Waals surface area contributed by atoms with Gasteiger partial charge in [0.1, 0.15) is 11.6 Å². The van der Waals surface area contributed by atoms with E-state index in [1.165, 1.54) is 6.07 Å². The number of hydrogen-bond acceptors (Lipinski definition) is 2. The summed E-state index contributed by atoms with van der Waals surface area (Å²) in [5, 5.41) is 3.01. The number of aryl methyl sites for hydroxylation is 1. The Hall–Kier alpha value is -1.36. The molecule has 3 nitrogen and oxygen atoms in total. The summed E-state index contributed by atoms with van der Waals surface area (Å²) in [6.07, 6.45) is 1.73. The van der Waals surface area contributed by atoms with Crippen LogP contribution in [0, 0.1) is 12.7 Å².